The van der Waals surface area contributed by atoms with Gasteiger partial charge in [0.05, 0.1) is 23.1 Å². The molecule has 7 rings (SSSR count). The van der Waals surface area contributed by atoms with E-state index in [0.29, 0.717) is 35.5 Å². The zero-order valence-corrected chi connectivity index (χ0v) is 25.8. The minimum Gasteiger partial charge on any atom is -0.497 e. The van der Waals surface area contributed by atoms with E-state index in [0.717, 1.165) is 42.4 Å². The molecular formula is C30H36ClN5O5S. The van der Waals surface area contributed by atoms with Crippen LogP contribution in [-0.4, -0.2) is 92.3 Å². The van der Waals surface area contributed by atoms with Crippen LogP contribution in [0.25, 0.3) is 22.2 Å². The van der Waals surface area contributed by atoms with Crippen LogP contribution >= 0.6 is 12.4 Å². The predicted molar refractivity (Wildman–Crippen MR) is 162 cm³/mol. The van der Waals surface area contributed by atoms with E-state index in [4.69, 9.17) is 10.5 Å². The second-order valence-electron chi connectivity index (χ2n) is 12.4. The number of carbonyl (C=O) groups excluding carboxylic acids is 2. The molecule has 1 aliphatic carbocycles. The maximum Gasteiger partial charge on any atom is 0.248 e. The number of benzene rings is 2. The molecule has 0 radical (unpaired) electrons. The van der Waals surface area contributed by atoms with Gasteiger partial charge in [0.2, 0.25) is 21.8 Å². The van der Waals surface area contributed by atoms with Gasteiger partial charge in [-0.2, -0.15) is 0 Å². The Morgan fingerprint density at radius 1 is 1.07 bits per heavy atom. The number of halogens is 1. The fraction of sp³-hybridized carbons (Fsp3) is 0.467. The molecule has 4 aliphatic rings. The summed E-state index contributed by atoms with van der Waals surface area (Å²) in [6.07, 6.45) is 2.61. The molecule has 2 N–H and O–H groups in total. The molecule has 42 heavy (non-hydrogen) atoms. The van der Waals surface area contributed by atoms with Crippen molar-refractivity contribution >= 4 is 45.1 Å². The minimum atomic E-state index is -3.88. The van der Waals surface area contributed by atoms with E-state index in [1.54, 1.807) is 18.2 Å². The van der Waals surface area contributed by atoms with E-state index in [1.807, 2.05) is 22.8 Å². The number of nitrogens with zero attached hydrogens (tertiary/aromatic N) is 4. The van der Waals surface area contributed by atoms with Crippen LogP contribution in [-0.2, 0) is 21.4 Å². The average molecular weight is 614 g/mol. The van der Waals surface area contributed by atoms with E-state index in [-0.39, 0.29) is 41.2 Å². The van der Waals surface area contributed by atoms with Gasteiger partial charge in [-0.15, -0.1) is 12.4 Å². The Labute approximate surface area is 251 Å². The number of hydrogen-bond donors (Lipinski definition) is 1. The van der Waals surface area contributed by atoms with Crippen molar-refractivity contribution < 1.29 is 22.7 Å². The summed E-state index contributed by atoms with van der Waals surface area (Å²) in [5.41, 5.74) is 8.16. The molecule has 224 valence electrons. The van der Waals surface area contributed by atoms with Gasteiger partial charge in [0.1, 0.15) is 5.75 Å². The molecule has 2 saturated heterocycles. The summed E-state index contributed by atoms with van der Waals surface area (Å²) >= 11 is 0. The zero-order chi connectivity index (χ0) is 29.0. The number of likely N-dealkylation sites (N-methyl/N-ethyl adjacent to an activating group) is 1. The first kappa shape index (κ1) is 29.0. The number of methoxy groups -OCH3 is 1. The third kappa shape index (κ3) is 4.00. The molecule has 2 unspecified atom stereocenters. The molecule has 1 aromatic heterocycles. The summed E-state index contributed by atoms with van der Waals surface area (Å²) < 4.78 is 36.4. The summed E-state index contributed by atoms with van der Waals surface area (Å²) in [7, 11) is 2.79. The molecule has 3 aromatic rings. The lowest BCUT2D eigenvalue weighted by Gasteiger charge is -2.41. The second-order valence-corrected chi connectivity index (χ2v) is 14.5. The van der Waals surface area contributed by atoms with E-state index in [1.165, 1.54) is 25.5 Å². The van der Waals surface area contributed by atoms with Crippen LogP contribution in [0.15, 0.2) is 41.3 Å². The van der Waals surface area contributed by atoms with Crippen LogP contribution in [0.4, 0.5) is 0 Å². The first-order valence-electron chi connectivity index (χ1n) is 14.1. The SMILES string of the molecule is COc1cc2c(c(S(=O)(=O)N(C)C)c1)-c1cc3ccc(C(N)=O)cc3n1CC1(C(=O)N3[C@@H]4CC[C@H]3CN(C)C4)CC21.Cl. The van der Waals surface area contributed by atoms with Crippen molar-refractivity contribution in [1.82, 2.24) is 18.7 Å². The Morgan fingerprint density at radius 3 is 2.38 bits per heavy atom. The van der Waals surface area contributed by atoms with E-state index in [9.17, 15) is 18.0 Å². The number of likely N-dealkylation sites (tertiary alicyclic amines) is 1. The summed E-state index contributed by atoms with van der Waals surface area (Å²) in [4.78, 5) is 31.4. The number of aromatic nitrogens is 1. The van der Waals surface area contributed by atoms with Gasteiger partial charge < -0.3 is 24.8 Å². The van der Waals surface area contributed by atoms with Gasteiger partial charge in [0.25, 0.3) is 0 Å². The fourth-order valence-electron chi connectivity index (χ4n) is 7.64. The van der Waals surface area contributed by atoms with Gasteiger partial charge in [0, 0.05) is 79.8 Å². The molecule has 3 fully saturated rings. The number of carbonyl (C=O) groups is 2. The lowest BCUT2D eigenvalue weighted by molar-refractivity contribution is -0.143. The minimum absolute atomic E-state index is 0. The Bertz CT molecular complexity index is 1740. The number of piperazine rings is 1. The van der Waals surface area contributed by atoms with E-state index < -0.39 is 21.3 Å². The number of hydrogen-bond acceptors (Lipinski definition) is 6. The van der Waals surface area contributed by atoms with Crippen LogP contribution in [0.5, 0.6) is 5.75 Å². The molecule has 4 heterocycles. The van der Waals surface area contributed by atoms with Gasteiger partial charge >= 0.3 is 0 Å². The van der Waals surface area contributed by atoms with E-state index >= 15 is 0 Å². The Balaban J connectivity index is 0.00000316. The van der Waals surface area contributed by atoms with Crippen molar-refractivity contribution in [1.29, 1.82) is 0 Å². The molecule has 3 aliphatic heterocycles. The first-order chi connectivity index (χ1) is 19.5. The highest BCUT2D eigenvalue weighted by atomic mass is 35.5. The van der Waals surface area contributed by atoms with Crippen molar-refractivity contribution in [2.45, 2.75) is 48.7 Å². The second kappa shape index (κ2) is 9.70. The maximum atomic E-state index is 14.7. The predicted octanol–water partition coefficient (Wildman–Crippen LogP) is 2.88. The molecule has 0 spiro atoms. The molecule has 2 bridgehead atoms. The number of sulfonamides is 1. The molecular weight excluding hydrogens is 578 g/mol. The number of ether oxygens (including phenoxy) is 1. The molecule has 2 aromatic carbocycles. The van der Waals surface area contributed by atoms with Crippen molar-refractivity contribution in [3.05, 3.63) is 47.5 Å². The highest BCUT2D eigenvalue weighted by Gasteiger charge is 2.65. The number of amides is 2. The Kier molecular flexibility index (Phi) is 6.69. The van der Waals surface area contributed by atoms with Gasteiger partial charge in [-0.05, 0) is 56.1 Å². The molecule has 2 amide bonds. The van der Waals surface area contributed by atoms with Gasteiger partial charge in [-0.25, -0.2) is 12.7 Å². The molecule has 4 atom stereocenters. The van der Waals surface area contributed by atoms with Gasteiger partial charge in [0.15, 0.2) is 0 Å². The number of primary amides is 1. The zero-order valence-electron chi connectivity index (χ0n) is 24.2. The Hall–Kier alpha value is -3.12. The Morgan fingerprint density at radius 2 is 1.76 bits per heavy atom. The quantitative estimate of drug-likeness (QED) is 0.473. The number of fused-ring (bicyclic) bond motifs is 9. The third-order valence-corrected chi connectivity index (χ3v) is 11.6. The van der Waals surface area contributed by atoms with Gasteiger partial charge in [-0.1, -0.05) is 6.07 Å². The van der Waals surface area contributed by atoms with Gasteiger partial charge in [-0.3, -0.25) is 9.59 Å². The van der Waals surface area contributed by atoms with Crippen molar-refractivity contribution in [2.75, 3.05) is 41.3 Å². The molecule has 10 nitrogen and oxygen atoms in total. The largest absolute Gasteiger partial charge is 0.497 e. The standard InChI is InChI=1S/C30H35N5O5S.ClH/c1-32(2)41(38,39)26-12-21(40-4)11-22-23-13-30(23,29(37)35-19-7-8-20(35)15-33(3)14-19)16-34-24-10-18(28(31)36)6-5-17(24)9-25(34)27(22)26;/h5-6,9-12,19-20,23H,7-8,13-16H2,1-4H3,(H2,31,36);1H/t19-,20+,23?,30?;. The van der Waals surface area contributed by atoms with Crippen LogP contribution < -0.4 is 10.5 Å². The smallest absolute Gasteiger partial charge is 0.248 e. The molecule has 1 saturated carbocycles. The number of nitrogens with two attached hydrogens (primary N) is 1. The lowest BCUT2D eigenvalue weighted by atomic mass is 9.93. The summed E-state index contributed by atoms with van der Waals surface area (Å²) in [6.45, 7) is 2.11. The average Bonchev–Trinajstić information content (AvgIpc) is 3.50. The third-order valence-electron chi connectivity index (χ3n) is 9.76. The van der Waals surface area contributed by atoms with Crippen LogP contribution in [0, 0.1) is 5.41 Å². The molecule has 12 heteroatoms. The summed E-state index contributed by atoms with van der Waals surface area (Å²) in [6, 6.07) is 11.1. The fourth-order valence-corrected chi connectivity index (χ4v) is 8.78. The van der Waals surface area contributed by atoms with Crippen molar-refractivity contribution in [3.63, 3.8) is 0 Å². The maximum absolute atomic E-state index is 14.7. The highest BCUT2D eigenvalue weighted by Crippen LogP contribution is 2.66. The lowest BCUT2D eigenvalue weighted by Crippen LogP contribution is -2.57. The van der Waals surface area contributed by atoms with Crippen molar-refractivity contribution in [2.24, 2.45) is 11.1 Å². The normalized spacial score (nSPS) is 26.2. The van der Waals surface area contributed by atoms with E-state index in [2.05, 4.69) is 16.8 Å². The monoisotopic (exact) mass is 613 g/mol. The topological polar surface area (TPSA) is 118 Å². The summed E-state index contributed by atoms with van der Waals surface area (Å²) in [5, 5.41) is 0.848. The number of rotatable bonds is 5. The highest BCUT2D eigenvalue weighted by molar-refractivity contribution is 7.89. The van der Waals surface area contributed by atoms with Crippen molar-refractivity contribution in [3.8, 4) is 17.0 Å². The van der Waals surface area contributed by atoms with Crippen LogP contribution in [0.2, 0.25) is 0 Å². The summed E-state index contributed by atoms with van der Waals surface area (Å²) in [5.74, 6) is -0.113. The van der Waals surface area contributed by atoms with Crippen LogP contribution in [0.3, 0.4) is 0 Å². The van der Waals surface area contributed by atoms with Crippen LogP contribution in [0.1, 0.15) is 41.1 Å². The first-order valence-corrected chi connectivity index (χ1v) is 15.5.